The largest absolute Gasteiger partial charge is 0.468 e. The van der Waals surface area contributed by atoms with E-state index in [-0.39, 0.29) is 12.0 Å². The third-order valence-corrected chi connectivity index (χ3v) is 3.49. The highest BCUT2D eigenvalue weighted by atomic mass is 35.5. The number of methoxy groups -OCH3 is 1. The van der Waals surface area contributed by atoms with Crippen molar-refractivity contribution in [3.8, 4) is 0 Å². The van der Waals surface area contributed by atoms with E-state index in [1.54, 1.807) is 6.07 Å². The van der Waals surface area contributed by atoms with Crippen LogP contribution in [0.15, 0.2) is 6.07 Å². The predicted octanol–water partition coefficient (Wildman–Crippen LogP) is 1.97. The number of halogens is 1. The van der Waals surface area contributed by atoms with Crippen molar-refractivity contribution in [3.63, 3.8) is 0 Å². The van der Waals surface area contributed by atoms with Gasteiger partial charge in [0.1, 0.15) is 17.0 Å². The van der Waals surface area contributed by atoms with Crippen LogP contribution in [0.2, 0.25) is 5.15 Å². The molecule has 1 aromatic rings. The van der Waals surface area contributed by atoms with Gasteiger partial charge in [-0.2, -0.15) is 0 Å². The summed E-state index contributed by atoms with van der Waals surface area (Å²) in [6.45, 7) is 3.26. The van der Waals surface area contributed by atoms with Crippen LogP contribution >= 0.6 is 11.6 Å². The lowest BCUT2D eigenvalue weighted by molar-refractivity contribution is -0.148. The molecule has 1 fully saturated rings. The van der Waals surface area contributed by atoms with Crippen LogP contribution in [-0.2, 0) is 16.1 Å². The van der Waals surface area contributed by atoms with E-state index in [1.165, 1.54) is 7.11 Å². The van der Waals surface area contributed by atoms with Gasteiger partial charge in [-0.1, -0.05) is 18.0 Å². The van der Waals surface area contributed by atoms with E-state index < -0.39 is 0 Å². The Balaban J connectivity index is 2.12. The third kappa shape index (κ3) is 3.64. The molecule has 0 amide bonds. The van der Waals surface area contributed by atoms with Gasteiger partial charge in [0.2, 0.25) is 0 Å². The lowest BCUT2D eigenvalue weighted by Crippen LogP contribution is -2.44. The molecule has 5 nitrogen and oxygen atoms in total. The van der Waals surface area contributed by atoms with Gasteiger partial charge in [-0.15, -0.1) is 0 Å². The molecule has 1 aliphatic heterocycles. The minimum atomic E-state index is -0.193. The number of likely N-dealkylation sites (tertiary alicyclic amines) is 1. The number of piperidine rings is 1. The van der Waals surface area contributed by atoms with Crippen LogP contribution in [0.1, 0.15) is 30.8 Å². The van der Waals surface area contributed by atoms with Gasteiger partial charge in [0.05, 0.1) is 13.7 Å². The minimum absolute atomic E-state index is 0.182. The average Bonchev–Trinajstić information content (AvgIpc) is 2.37. The fourth-order valence-electron chi connectivity index (χ4n) is 2.42. The number of nitrogens with zero attached hydrogens (tertiary/aromatic N) is 3. The maximum Gasteiger partial charge on any atom is 0.323 e. The summed E-state index contributed by atoms with van der Waals surface area (Å²) in [5.74, 6) is 0.472. The lowest BCUT2D eigenvalue weighted by atomic mass is 10.0. The Hall–Kier alpha value is -1.20. The van der Waals surface area contributed by atoms with Gasteiger partial charge in [0, 0.05) is 5.69 Å². The number of hydrogen-bond donors (Lipinski definition) is 0. The lowest BCUT2D eigenvalue weighted by Gasteiger charge is -2.33. The van der Waals surface area contributed by atoms with Crippen molar-refractivity contribution in [2.24, 2.45) is 0 Å². The van der Waals surface area contributed by atoms with Gasteiger partial charge in [-0.25, -0.2) is 9.97 Å². The number of rotatable bonds is 3. The summed E-state index contributed by atoms with van der Waals surface area (Å²) in [5, 5.41) is 0.439. The molecule has 0 radical (unpaired) electrons. The first-order valence-corrected chi connectivity index (χ1v) is 6.80. The fourth-order valence-corrected chi connectivity index (χ4v) is 2.68. The topological polar surface area (TPSA) is 55.3 Å². The van der Waals surface area contributed by atoms with Crippen molar-refractivity contribution in [2.75, 3.05) is 13.7 Å². The van der Waals surface area contributed by atoms with E-state index >= 15 is 0 Å². The molecule has 2 heterocycles. The number of ether oxygens (including phenoxy) is 1. The highest BCUT2D eigenvalue weighted by Gasteiger charge is 2.29. The molecule has 1 saturated heterocycles. The average molecular weight is 284 g/mol. The fraction of sp³-hybridized carbons (Fsp3) is 0.615. The molecule has 19 heavy (non-hydrogen) atoms. The molecular formula is C13H18ClN3O2. The van der Waals surface area contributed by atoms with Crippen LogP contribution in [0.4, 0.5) is 0 Å². The van der Waals surface area contributed by atoms with Gasteiger partial charge in [0.25, 0.3) is 0 Å². The van der Waals surface area contributed by atoms with Gasteiger partial charge < -0.3 is 4.74 Å². The Bertz CT molecular complexity index is 447. The van der Waals surface area contributed by atoms with Crippen LogP contribution in [0.5, 0.6) is 0 Å². The smallest absolute Gasteiger partial charge is 0.323 e. The second-order valence-electron chi connectivity index (χ2n) is 4.75. The van der Waals surface area contributed by atoms with Crippen molar-refractivity contribution >= 4 is 17.6 Å². The highest BCUT2D eigenvalue weighted by molar-refractivity contribution is 6.29. The van der Waals surface area contributed by atoms with E-state index in [0.29, 0.717) is 17.5 Å². The summed E-state index contributed by atoms with van der Waals surface area (Å²) in [7, 11) is 1.43. The molecule has 0 bridgehead atoms. The third-order valence-electron chi connectivity index (χ3n) is 3.30. The summed E-state index contributed by atoms with van der Waals surface area (Å²) in [4.78, 5) is 22.4. The second-order valence-corrected chi connectivity index (χ2v) is 5.14. The normalized spacial score (nSPS) is 20.3. The molecule has 1 aromatic heterocycles. The summed E-state index contributed by atoms with van der Waals surface area (Å²) in [6.07, 6.45) is 2.95. The van der Waals surface area contributed by atoms with Crippen molar-refractivity contribution in [2.45, 2.75) is 38.8 Å². The Labute approximate surface area is 117 Å². The maximum absolute atomic E-state index is 11.8. The van der Waals surface area contributed by atoms with Crippen molar-refractivity contribution < 1.29 is 9.53 Å². The van der Waals surface area contributed by atoms with Crippen LogP contribution in [0.25, 0.3) is 0 Å². The first-order valence-electron chi connectivity index (χ1n) is 6.42. The van der Waals surface area contributed by atoms with Gasteiger partial charge in [-0.3, -0.25) is 9.69 Å². The van der Waals surface area contributed by atoms with Gasteiger partial charge in [-0.05, 0) is 32.4 Å². The van der Waals surface area contributed by atoms with Gasteiger partial charge >= 0.3 is 5.97 Å². The Kier molecular flexibility index (Phi) is 4.71. The Morgan fingerprint density at radius 2 is 2.32 bits per heavy atom. The summed E-state index contributed by atoms with van der Waals surface area (Å²) in [6, 6.07) is 1.53. The first kappa shape index (κ1) is 14.2. The summed E-state index contributed by atoms with van der Waals surface area (Å²) >= 11 is 5.93. The number of aromatic nitrogens is 2. The quantitative estimate of drug-likeness (QED) is 0.627. The number of carbonyl (C=O) groups is 1. The molecule has 2 rings (SSSR count). The van der Waals surface area contributed by atoms with Crippen LogP contribution in [-0.4, -0.2) is 40.5 Å². The molecule has 1 unspecified atom stereocenters. The first-order chi connectivity index (χ1) is 9.10. The zero-order chi connectivity index (χ0) is 13.8. The molecule has 6 heteroatoms. The maximum atomic E-state index is 11.8. The zero-order valence-corrected chi connectivity index (χ0v) is 12.0. The number of carbonyl (C=O) groups excluding carboxylic acids is 1. The SMILES string of the molecule is COC(=O)C1CCCCN1Cc1nc(C)cc(Cl)n1. The van der Waals surface area contributed by atoms with Crippen molar-refractivity contribution in [3.05, 3.63) is 22.7 Å². The molecule has 0 aromatic carbocycles. The number of esters is 1. The summed E-state index contributed by atoms with van der Waals surface area (Å²) < 4.78 is 4.86. The van der Waals surface area contributed by atoms with E-state index in [0.717, 1.165) is 31.5 Å². The molecular weight excluding hydrogens is 266 g/mol. The van der Waals surface area contributed by atoms with Crippen molar-refractivity contribution in [1.29, 1.82) is 0 Å². The Morgan fingerprint density at radius 1 is 1.53 bits per heavy atom. The highest BCUT2D eigenvalue weighted by Crippen LogP contribution is 2.20. The molecule has 0 spiro atoms. The predicted molar refractivity (Wildman–Crippen MR) is 71.8 cm³/mol. The Morgan fingerprint density at radius 3 is 3.00 bits per heavy atom. The standard InChI is InChI=1S/C13H18ClN3O2/c1-9-7-11(14)16-12(15-9)8-17-6-4-3-5-10(17)13(18)19-2/h7,10H,3-6,8H2,1-2H3. The molecule has 0 aliphatic carbocycles. The molecule has 1 atom stereocenters. The van der Waals surface area contributed by atoms with Crippen molar-refractivity contribution in [1.82, 2.24) is 14.9 Å². The number of aryl methyl sites for hydroxylation is 1. The molecule has 1 aliphatic rings. The molecule has 104 valence electrons. The van der Waals surface area contributed by atoms with E-state index in [9.17, 15) is 4.79 Å². The molecule has 0 N–H and O–H groups in total. The minimum Gasteiger partial charge on any atom is -0.468 e. The van der Waals surface area contributed by atoms with Gasteiger partial charge in [0.15, 0.2) is 0 Å². The van der Waals surface area contributed by atoms with Crippen LogP contribution < -0.4 is 0 Å². The van der Waals surface area contributed by atoms with Crippen LogP contribution in [0, 0.1) is 6.92 Å². The van der Waals surface area contributed by atoms with E-state index in [1.807, 2.05) is 6.92 Å². The van der Waals surface area contributed by atoms with Crippen LogP contribution in [0.3, 0.4) is 0 Å². The summed E-state index contributed by atoms with van der Waals surface area (Å²) in [5.41, 5.74) is 0.835. The van der Waals surface area contributed by atoms with E-state index in [4.69, 9.17) is 16.3 Å². The second kappa shape index (κ2) is 6.30. The monoisotopic (exact) mass is 283 g/mol. The zero-order valence-electron chi connectivity index (χ0n) is 11.2. The van der Waals surface area contributed by atoms with E-state index in [2.05, 4.69) is 14.9 Å². The number of hydrogen-bond acceptors (Lipinski definition) is 5. The molecule has 0 saturated carbocycles.